The molecule has 0 bridgehead atoms. The highest BCUT2D eigenvalue weighted by atomic mass is 35.5. The third-order valence-electron chi connectivity index (χ3n) is 7.89. The first kappa shape index (κ1) is 29.6. The fraction of sp³-hybridized carbons (Fsp3) is 0.281. The SMILES string of the molecule is COc1ccc(CN2Cc3nc(-c4c(F)cc(Nc5ccc(N6CCC(O)CC6)cn5)cc4F)cc(Cl)c3C2=O)c(OC)c1. The van der Waals surface area contributed by atoms with Crippen LogP contribution in [0.1, 0.15) is 34.5 Å². The topological polar surface area (TPSA) is 100 Å². The van der Waals surface area contributed by atoms with Gasteiger partial charge in [0.05, 0.1) is 72.8 Å². The van der Waals surface area contributed by atoms with E-state index in [1.807, 2.05) is 6.07 Å². The average molecular weight is 622 g/mol. The third kappa shape index (κ3) is 5.85. The fourth-order valence-corrected chi connectivity index (χ4v) is 5.86. The van der Waals surface area contributed by atoms with Crippen molar-refractivity contribution in [2.45, 2.75) is 32.0 Å². The molecule has 4 aromatic rings. The number of hydrogen-bond donors (Lipinski definition) is 2. The van der Waals surface area contributed by atoms with Crippen LogP contribution in [0.25, 0.3) is 11.3 Å². The molecule has 12 heteroatoms. The number of amides is 1. The van der Waals surface area contributed by atoms with Crippen LogP contribution in [0.3, 0.4) is 0 Å². The number of hydrogen-bond acceptors (Lipinski definition) is 8. The lowest BCUT2D eigenvalue weighted by Crippen LogP contribution is -2.35. The summed E-state index contributed by atoms with van der Waals surface area (Å²) >= 11 is 6.50. The summed E-state index contributed by atoms with van der Waals surface area (Å²) < 4.78 is 41.5. The van der Waals surface area contributed by atoms with Crippen LogP contribution in [0.2, 0.25) is 5.02 Å². The van der Waals surface area contributed by atoms with Gasteiger partial charge in [-0.25, -0.2) is 18.7 Å². The zero-order valence-corrected chi connectivity index (χ0v) is 24.9. The summed E-state index contributed by atoms with van der Waals surface area (Å²) in [7, 11) is 3.08. The highest BCUT2D eigenvalue weighted by Gasteiger charge is 2.33. The molecule has 2 aliphatic rings. The molecule has 0 atom stereocenters. The van der Waals surface area contributed by atoms with Crippen LogP contribution >= 0.6 is 11.6 Å². The number of fused-ring (bicyclic) bond motifs is 1. The van der Waals surface area contributed by atoms with E-state index >= 15 is 8.78 Å². The van der Waals surface area contributed by atoms with E-state index in [1.54, 1.807) is 42.5 Å². The lowest BCUT2D eigenvalue weighted by molar-refractivity contribution is 0.0765. The first-order chi connectivity index (χ1) is 21.2. The van der Waals surface area contributed by atoms with Gasteiger partial charge in [-0.05, 0) is 55.3 Å². The number of ether oxygens (including phenoxy) is 2. The number of pyridine rings is 2. The first-order valence-corrected chi connectivity index (χ1v) is 14.5. The highest BCUT2D eigenvalue weighted by Crippen LogP contribution is 2.36. The number of aromatic nitrogens is 2. The molecule has 0 aliphatic carbocycles. The zero-order chi connectivity index (χ0) is 31.0. The van der Waals surface area contributed by atoms with E-state index in [4.69, 9.17) is 21.1 Å². The van der Waals surface area contributed by atoms with Crippen molar-refractivity contribution in [1.29, 1.82) is 0 Å². The molecule has 1 amide bonds. The molecule has 6 rings (SSSR count). The smallest absolute Gasteiger partial charge is 0.257 e. The predicted octanol–water partition coefficient (Wildman–Crippen LogP) is 5.95. The van der Waals surface area contributed by atoms with Crippen molar-refractivity contribution in [3.05, 3.63) is 88.2 Å². The summed E-state index contributed by atoms with van der Waals surface area (Å²) in [6, 6.07) is 12.5. The Bertz CT molecular complexity index is 1690. The Balaban J connectivity index is 1.20. The minimum atomic E-state index is -0.844. The van der Waals surface area contributed by atoms with E-state index in [2.05, 4.69) is 20.2 Å². The molecule has 0 unspecified atom stereocenters. The molecule has 0 saturated carbocycles. The second-order valence-electron chi connectivity index (χ2n) is 10.7. The second kappa shape index (κ2) is 12.3. The Morgan fingerprint density at radius 2 is 1.77 bits per heavy atom. The number of nitrogens with one attached hydrogen (secondary N) is 1. The third-order valence-corrected chi connectivity index (χ3v) is 8.19. The molecule has 1 saturated heterocycles. The molecule has 2 aromatic heterocycles. The second-order valence-corrected chi connectivity index (χ2v) is 11.1. The van der Waals surface area contributed by atoms with Gasteiger partial charge in [0.2, 0.25) is 0 Å². The average Bonchev–Trinajstić information content (AvgIpc) is 3.32. The Kier molecular flexibility index (Phi) is 8.24. The number of nitrogens with zero attached hydrogens (tertiary/aromatic N) is 4. The molecular formula is C32H30ClF2N5O4. The van der Waals surface area contributed by atoms with Gasteiger partial charge in [0.1, 0.15) is 29.0 Å². The molecule has 1 fully saturated rings. The molecule has 2 aromatic carbocycles. The van der Waals surface area contributed by atoms with Gasteiger partial charge < -0.3 is 29.7 Å². The van der Waals surface area contributed by atoms with Crippen molar-refractivity contribution < 1.29 is 28.2 Å². The van der Waals surface area contributed by atoms with Crippen LogP contribution in [-0.2, 0) is 13.1 Å². The van der Waals surface area contributed by atoms with Crippen molar-refractivity contribution in [1.82, 2.24) is 14.9 Å². The van der Waals surface area contributed by atoms with Gasteiger partial charge in [0.25, 0.3) is 5.91 Å². The minimum Gasteiger partial charge on any atom is -0.497 e. The van der Waals surface area contributed by atoms with Crippen LogP contribution in [0.15, 0.2) is 54.7 Å². The Morgan fingerprint density at radius 1 is 1.02 bits per heavy atom. The summed E-state index contributed by atoms with van der Waals surface area (Å²) in [6.45, 7) is 1.79. The van der Waals surface area contributed by atoms with Crippen molar-refractivity contribution >= 4 is 34.7 Å². The molecule has 44 heavy (non-hydrogen) atoms. The molecule has 0 spiro atoms. The molecule has 2 N–H and O–H groups in total. The lowest BCUT2D eigenvalue weighted by Gasteiger charge is -2.31. The Hall–Kier alpha value is -4.48. The zero-order valence-electron chi connectivity index (χ0n) is 24.1. The fourth-order valence-electron chi connectivity index (χ4n) is 5.57. The van der Waals surface area contributed by atoms with E-state index in [0.29, 0.717) is 35.9 Å². The minimum absolute atomic E-state index is 0.0129. The van der Waals surface area contributed by atoms with Crippen LogP contribution < -0.4 is 19.7 Å². The summed E-state index contributed by atoms with van der Waals surface area (Å²) in [6.07, 6.45) is 2.81. The van der Waals surface area contributed by atoms with Gasteiger partial charge in [-0.15, -0.1) is 0 Å². The molecule has 0 radical (unpaired) electrons. The molecule has 9 nitrogen and oxygen atoms in total. The predicted molar refractivity (Wildman–Crippen MR) is 163 cm³/mol. The maximum absolute atomic E-state index is 15.4. The summed E-state index contributed by atoms with van der Waals surface area (Å²) in [5.74, 6) is -0.431. The van der Waals surface area contributed by atoms with E-state index in [1.165, 1.54) is 13.2 Å². The lowest BCUT2D eigenvalue weighted by atomic mass is 10.1. The van der Waals surface area contributed by atoms with Gasteiger partial charge in [0, 0.05) is 30.4 Å². The summed E-state index contributed by atoms with van der Waals surface area (Å²) in [5, 5.41) is 12.7. The maximum atomic E-state index is 15.4. The number of benzene rings is 2. The number of rotatable bonds is 8. The Labute approximate surface area is 258 Å². The number of halogens is 3. The molecule has 2 aliphatic heterocycles. The summed E-state index contributed by atoms with van der Waals surface area (Å²) in [5.41, 5.74) is 2.01. The van der Waals surface area contributed by atoms with Crippen molar-refractivity contribution in [2.75, 3.05) is 37.5 Å². The molecule has 228 valence electrons. The highest BCUT2D eigenvalue weighted by molar-refractivity contribution is 6.34. The molecule has 4 heterocycles. The van der Waals surface area contributed by atoms with Crippen molar-refractivity contribution in [3.63, 3.8) is 0 Å². The quantitative estimate of drug-likeness (QED) is 0.249. The monoisotopic (exact) mass is 621 g/mol. The van der Waals surface area contributed by atoms with Gasteiger partial charge in [-0.3, -0.25) is 4.79 Å². The number of aliphatic hydroxyl groups excluding tert-OH is 1. The normalized spacial score (nSPS) is 15.0. The van der Waals surface area contributed by atoms with Gasteiger partial charge in [-0.2, -0.15) is 0 Å². The number of anilines is 3. The van der Waals surface area contributed by atoms with E-state index in [0.717, 1.165) is 36.5 Å². The largest absolute Gasteiger partial charge is 0.497 e. The van der Waals surface area contributed by atoms with E-state index < -0.39 is 11.6 Å². The van der Waals surface area contributed by atoms with Crippen LogP contribution in [0.4, 0.5) is 26.0 Å². The van der Waals surface area contributed by atoms with E-state index in [9.17, 15) is 9.90 Å². The van der Waals surface area contributed by atoms with Crippen molar-refractivity contribution in [3.8, 4) is 22.8 Å². The Morgan fingerprint density at radius 3 is 2.43 bits per heavy atom. The van der Waals surface area contributed by atoms with Gasteiger partial charge >= 0.3 is 0 Å². The summed E-state index contributed by atoms with van der Waals surface area (Å²) in [4.78, 5) is 25.8. The van der Waals surface area contributed by atoms with Crippen LogP contribution in [0, 0.1) is 11.6 Å². The van der Waals surface area contributed by atoms with Crippen LogP contribution in [-0.4, -0.2) is 59.3 Å². The van der Waals surface area contributed by atoms with Crippen LogP contribution in [0.5, 0.6) is 11.5 Å². The number of piperidine rings is 1. The number of methoxy groups -OCH3 is 2. The van der Waals surface area contributed by atoms with Crippen molar-refractivity contribution in [2.24, 2.45) is 0 Å². The number of aliphatic hydroxyl groups is 1. The van der Waals surface area contributed by atoms with E-state index in [-0.39, 0.29) is 52.6 Å². The molecular weight excluding hydrogens is 592 g/mol. The maximum Gasteiger partial charge on any atom is 0.257 e. The first-order valence-electron chi connectivity index (χ1n) is 14.1. The van der Waals surface area contributed by atoms with Gasteiger partial charge in [-0.1, -0.05) is 11.6 Å². The number of carbonyl (C=O) groups is 1. The standard InChI is InChI=1S/C32H30ClF2N5O4/c1-43-22-5-3-18(28(13-22)44-2)16-40-17-27-30(32(40)42)23(33)14-26(38-27)31-24(34)11-19(12-25(31)35)37-29-6-4-20(15-36-29)39-9-7-21(41)8-10-39/h3-6,11-15,21,41H,7-10,16-17H2,1-2H3,(H,36,37). The van der Waals surface area contributed by atoms with Gasteiger partial charge in [0.15, 0.2) is 0 Å². The number of carbonyl (C=O) groups excluding carboxylic acids is 1.